The van der Waals surface area contributed by atoms with Crippen molar-refractivity contribution in [1.29, 1.82) is 0 Å². The summed E-state index contributed by atoms with van der Waals surface area (Å²) in [6, 6.07) is 3.73. The molecular formula is C13H15N3O. The third kappa shape index (κ3) is 2.72. The quantitative estimate of drug-likeness (QED) is 0.804. The van der Waals surface area contributed by atoms with Gasteiger partial charge in [-0.3, -0.25) is 4.79 Å². The van der Waals surface area contributed by atoms with Crippen LogP contribution in [0.25, 0.3) is 5.65 Å². The van der Waals surface area contributed by atoms with Crippen LogP contribution in [0.5, 0.6) is 0 Å². The van der Waals surface area contributed by atoms with Gasteiger partial charge in [0.1, 0.15) is 5.65 Å². The van der Waals surface area contributed by atoms with Gasteiger partial charge < -0.3 is 9.72 Å². The molecule has 2 heterocycles. The Balaban J connectivity index is 2.25. The van der Waals surface area contributed by atoms with E-state index in [2.05, 4.69) is 10.3 Å². The maximum Gasteiger partial charge on any atom is 0.248 e. The number of fused-ring (bicyclic) bond motifs is 1. The SMILES string of the molecule is CC(C)=CC(=O)Nc1ccc2nc(C)cn2c1. The van der Waals surface area contributed by atoms with E-state index in [9.17, 15) is 4.79 Å². The Bertz CT molecular complexity index is 592. The van der Waals surface area contributed by atoms with E-state index in [-0.39, 0.29) is 5.91 Å². The highest BCUT2D eigenvalue weighted by atomic mass is 16.1. The van der Waals surface area contributed by atoms with Gasteiger partial charge >= 0.3 is 0 Å². The summed E-state index contributed by atoms with van der Waals surface area (Å²) < 4.78 is 1.90. The predicted molar refractivity (Wildman–Crippen MR) is 68.0 cm³/mol. The van der Waals surface area contributed by atoms with Crippen LogP contribution in [0.2, 0.25) is 0 Å². The third-order valence-electron chi connectivity index (χ3n) is 2.26. The number of nitrogens with one attached hydrogen (secondary N) is 1. The minimum absolute atomic E-state index is 0.110. The number of carbonyl (C=O) groups excluding carboxylic acids is 1. The summed E-state index contributed by atoms with van der Waals surface area (Å²) in [7, 11) is 0. The zero-order valence-electron chi connectivity index (χ0n) is 10.2. The maximum absolute atomic E-state index is 11.6. The van der Waals surface area contributed by atoms with E-state index in [1.807, 2.05) is 49.7 Å². The lowest BCUT2D eigenvalue weighted by Gasteiger charge is -2.03. The molecule has 0 bridgehead atoms. The van der Waals surface area contributed by atoms with Crippen LogP contribution in [0, 0.1) is 6.92 Å². The van der Waals surface area contributed by atoms with E-state index in [0.29, 0.717) is 0 Å². The lowest BCUT2D eigenvalue weighted by molar-refractivity contribution is -0.111. The molecule has 1 amide bonds. The fourth-order valence-electron chi connectivity index (χ4n) is 1.63. The van der Waals surface area contributed by atoms with Crippen molar-refractivity contribution in [3.8, 4) is 0 Å². The zero-order valence-corrected chi connectivity index (χ0v) is 10.2. The Labute approximate surface area is 100.0 Å². The van der Waals surface area contributed by atoms with Crippen LogP contribution in [-0.4, -0.2) is 15.3 Å². The Kier molecular flexibility index (Phi) is 2.95. The first-order valence-corrected chi connectivity index (χ1v) is 5.46. The molecular weight excluding hydrogens is 214 g/mol. The van der Waals surface area contributed by atoms with Gasteiger partial charge in [-0.1, -0.05) is 5.57 Å². The van der Waals surface area contributed by atoms with Crippen LogP contribution in [0.3, 0.4) is 0 Å². The predicted octanol–water partition coefficient (Wildman–Crippen LogP) is 2.55. The molecule has 2 aromatic heterocycles. The first-order valence-electron chi connectivity index (χ1n) is 5.46. The standard InChI is InChI=1S/C13H15N3O/c1-9(2)6-13(17)15-11-4-5-12-14-10(3)7-16(12)8-11/h4-8H,1-3H3,(H,15,17). The van der Waals surface area contributed by atoms with Crippen LogP contribution >= 0.6 is 0 Å². The Morgan fingerprint density at radius 3 is 2.82 bits per heavy atom. The number of nitrogens with zero attached hydrogens (tertiary/aromatic N) is 2. The summed E-state index contributed by atoms with van der Waals surface area (Å²) >= 11 is 0. The first-order chi connectivity index (χ1) is 8.04. The molecule has 0 aliphatic carbocycles. The zero-order chi connectivity index (χ0) is 12.4. The minimum Gasteiger partial charge on any atom is -0.321 e. The van der Waals surface area contributed by atoms with E-state index < -0.39 is 0 Å². The molecule has 1 N–H and O–H groups in total. The van der Waals surface area contributed by atoms with Gasteiger partial charge in [0, 0.05) is 18.5 Å². The Morgan fingerprint density at radius 2 is 2.12 bits per heavy atom. The topological polar surface area (TPSA) is 46.4 Å². The first kappa shape index (κ1) is 11.4. The number of anilines is 1. The van der Waals surface area contributed by atoms with Crippen LogP contribution in [0.1, 0.15) is 19.5 Å². The average Bonchev–Trinajstić information content (AvgIpc) is 2.55. The van der Waals surface area contributed by atoms with Gasteiger partial charge in [0.05, 0.1) is 11.4 Å². The van der Waals surface area contributed by atoms with E-state index in [1.54, 1.807) is 6.08 Å². The van der Waals surface area contributed by atoms with Gasteiger partial charge in [0.15, 0.2) is 0 Å². The van der Waals surface area contributed by atoms with Gasteiger partial charge in [-0.05, 0) is 32.9 Å². The van der Waals surface area contributed by atoms with Gasteiger partial charge in [0.2, 0.25) is 5.91 Å². The summed E-state index contributed by atoms with van der Waals surface area (Å²) in [6.07, 6.45) is 5.35. The van der Waals surface area contributed by atoms with Crippen molar-refractivity contribution in [2.24, 2.45) is 0 Å². The van der Waals surface area contributed by atoms with Crippen LogP contribution in [-0.2, 0) is 4.79 Å². The summed E-state index contributed by atoms with van der Waals surface area (Å²) in [5, 5.41) is 2.81. The molecule has 2 aromatic rings. The molecule has 88 valence electrons. The van der Waals surface area contributed by atoms with E-state index >= 15 is 0 Å². The van der Waals surface area contributed by atoms with Crippen LogP contribution < -0.4 is 5.32 Å². The van der Waals surface area contributed by atoms with Crippen molar-refractivity contribution in [2.75, 3.05) is 5.32 Å². The normalized spacial score (nSPS) is 10.3. The number of allylic oxidation sites excluding steroid dienone is 1. The van der Waals surface area contributed by atoms with E-state index in [0.717, 1.165) is 22.6 Å². The van der Waals surface area contributed by atoms with Crippen molar-refractivity contribution < 1.29 is 4.79 Å². The highest BCUT2D eigenvalue weighted by molar-refractivity contribution is 5.99. The van der Waals surface area contributed by atoms with E-state index in [4.69, 9.17) is 0 Å². The summed E-state index contributed by atoms with van der Waals surface area (Å²) in [5.41, 5.74) is 3.57. The van der Waals surface area contributed by atoms with Crippen molar-refractivity contribution in [1.82, 2.24) is 9.38 Å². The molecule has 0 aliphatic rings. The Hall–Kier alpha value is -2.10. The van der Waals surface area contributed by atoms with Crippen molar-refractivity contribution in [3.63, 3.8) is 0 Å². The number of aryl methyl sites for hydroxylation is 1. The van der Waals surface area contributed by atoms with Gasteiger partial charge in [-0.25, -0.2) is 4.98 Å². The van der Waals surface area contributed by atoms with E-state index in [1.165, 1.54) is 0 Å². The molecule has 0 radical (unpaired) electrons. The molecule has 0 spiro atoms. The molecule has 0 aliphatic heterocycles. The largest absolute Gasteiger partial charge is 0.321 e. The lowest BCUT2D eigenvalue weighted by Crippen LogP contribution is -2.08. The second-order valence-electron chi connectivity index (χ2n) is 4.28. The number of amides is 1. The highest BCUT2D eigenvalue weighted by Crippen LogP contribution is 2.11. The fourth-order valence-corrected chi connectivity index (χ4v) is 1.63. The van der Waals surface area contributed by atoms with Gasteiger partial charge in [0.25, 0.3) is 0 Å². The molecule has 4 nitrogen and oxygen atoms in total. The molecule has 0 fully saturated rings. The number of pyridine rings is 1. The number of hydrogen-bond acceptors (Lipinski definition) is 2. The molecule has 0 unspecified atom stereocenters. The molecule has 0 saturated heterocycles. The summed E-state index contributed by atoms with van der Waals surface area (Å²) in [5.74, 6) is -0.110. The second-order valence-corrected chi connectivity index (χ2v) is 4.28. The number of carbonyl (C=O) groups is 1. The molecule has 17 heavy (non-hydrogen) atoms. The highest BCUT2D eigenvalue weighted by Gasteiger charge is 2.01. The third-order valence-corrected chi connectivity index (χ3v) is 2.26. The average molecular weight is 229 g/mol. The van der Waals surface area contributed by atoms with Crippen molar-refractivity contribution in [3.05, 3.63) is 41.9 Å². The molecule has 0 atom stereocenters. The minimum atomic E-state index is -0.110. The lowest BCUT2D eigenvalue weighted by atomic mass is 10.3. The smallest absolute Gasteiger partial charge is 0.248 e. The second kappa shape index (κ2) is 4.41. The number of rotatable bonds is 2. The van der Waals surface area contributed by atoms with Crippen LogP contribution in [0.15, 0.2) is 36.2 Å². The number of aromatic nitrogens is 2. The maximum atomic E-state index is 11.6. The number of imidazole rings is 1. The van der Waals surface area contributed by atoms with Crippen molar-refractivity contribution >= 4 is 17.2 Å². The molecule has 2 rings (SSSR count). The fraction of sp³-hybridized carbons (Fsp3) is 0.231. The molecule has 0 aromatic carbocycles. The summed E-state index contributed by atoms with van der Waals surface area (Å²) in [6.45, 7) is 5.72. The Morgan fingerprint density at radius 1 is 1.35 bits per heavy atom. The number of hydrogen-bond donors (Lipinski definition) is 1. The van der Waals surface area contributed by atoms with Gasteiger partial charge in [-0.2, -0.15) is 0 Å². The monoisotopic (exact) mass is 229 g/mol. The summed E-state index contributed by atoms with van der Waals surface area (Å²) in [4.78, 5) is 15.9. The van der Waals surface area contributed by atoms with Crippen molar-refractivity contribution in [2.45, 2.75) is 20.8 Å². The molecule has 0 saturated carbocycles. The van der Waals surface area contributed by atoms with Crippen LogP contribution in [0.4, 0.5) is 5.69 Å². The van der Waals surface area contributed by atoms with Gasteiger partial charge in [-0.15, -0.1) is 0 Å². The molecule has 4 heteroatoms.